The topological polar surface area (TPSA) is 35.2 Å². The molecule has 0 saturated carbocycles. The summed E-state index contributed by atoms with van der Waals surface area (Å²) in [4.78, 5) is 0. The number of alkyl halides is 2. The van der Waals surface area contributed by atoms with E-state index in [9.17, 15) is 8.78 Å². The van der Waals surface area contributed by atoms with Gasteiger partial charge in [0.1, 0.15) is 5.75 Å². The highest BCUT2D eigenvalue weighted by atomic mass is 35.5. The smallest absolute Gasteiger partial charge is 0.387 e. The van der Waals surface area contributed by atoms with Crippen LogP contribution in [0.3, 0.4) is 0 Å². The Kier molecular flexibility index (Phi) is 8.67. The van der Waals surface area contributed by atoms with Crippen LogP contribution in [0.15, 0.2) is 24.3 Å². The highest BCUT2D eigenvalue weighted by molar-refractivity contribution is 5.85. The van der Waals surface area contributed by atoms with Crippen LogP contribution in [-0.2, 0) is 0 Å². The van der Waals surface area contributed by atoms with E-state index < -0.39 is 6.61 Å². The standard InChI is InChI=1S/C13H19F2NO.ClH/c1-2-3-4-8-11(16)10-7-5-6-9-12(10)17-13(14)15;/h5-7,9,11,13H,2-4,8,16H2,1H3;1H/t11-;/m1./s1. The van der Waals surface area contributed by atoms with Crippen LogP contribution in [0.5, 0.6) is 5.75 Å². The van der Waals surface area contributed by atoms with Crippen molar-refractivity contribution in [3.8, 4) is 5.75 Å². The lowest BCUT2D eigenvalue weighted by Crippen LogP contribution is -2.13. The summed E-state index contributed by atoms with van der Waals surface area (Å²) < 4.78 is 28.9. The molecule has 1 atom stereocenters. The van der Waals surface area contributed by atoms with Crippen molar-refractivity contribution >= 4 is 12.4 Å². The summed E-state index contributed by atoms with van der Waals surface area (Å²) in [5, 5.41) is 0. The minimum Gasteiger partial charge on any atom is -0.434 e. The number of unbranched alkanes of at least 4 members (excludes halogenated alkanes) is 2. The number of para-hydroxylation sites is 1. The van der Waals surface area contributed by atoms with Crippen LogP contribution < -0.4 is 10.5 Å². The zero-order valence-electron chi connectivity index (χ0n) is 10.4. The van der Waals surface area contributed by atoms with Gasteiger partial charge < -0.3 is 10.5 Å². The van der Waals surface area contributed by atoms with Crippen LogP contribution in [0.2, 0.25) is 0 Å². The van der Waals surface area contributed by atoms with Crippen LogP contribution in [0.4, 0.5) is 8.78 Å². The van der Waals surface area contributed by atoms with Gasteiger partial charge in [0.15, 0.2) is 0 Å². The fraction of sp³-hybridized carbons (Fsp3) is 0.538. The maximum Gasteiger partial charge on any atom is 0.387 e. The molecule has 0 heterocycles. The average Bonchev–Trinajstić information content (AvgIpc) is 2.29. The van der Waals surface area contributed by atoms with E-state index in [-0.39, 0.29) is 24.2 Å². The number of hydrogen-bond acceptors (Lipinski definition) is 2. The van der Waals surface area contributed by atoms with Gasteiger partial charge in [0.25, 0.3) is 0 Å². The van der Waals surface area contributed by atoms with Crippen molar-refractivity contribution in [1.29, 1.82) is 0 Å². The summed E-state index contributed by atoms with van der Waals surface area (Å²) in [5.74, 6) is 0.187. The Balaban J connectivity index is 0.00000289. The molecule has 0 saturated heterocycles. The number of halogens is 3. The molecule has 0 unspecified atom stereocenters. The first-order chi connectivity index (χ1) is 8.15. The third kappa shape index (κ3) is 5.65. The normalized spacial score (nSPS) is 12.1. The molecule has 0 radical (unpaired) electrons. The van der Waals surface area contributed by atoms with Gasteiger partial charge in [-0.1, -0.05) is 44.4 Å². The third-order valence-corrected chi connectivity index (χ3v) is 2.65. The summed E-state index contributed by atoms with van der Waals surface area (Å²) in [6.45, 7) is -0.696. The second-order valence-corrected chi connectivity index (χ2v) is 4.02. The fourth-order valence-electron chi connectivity index (χ4n) is 1.76. The minimum absolute atomic E-state index is 0. The Labute approximate surface area is 113 Å². The van der Waals surface area contributed by atoms with E-state index in [1.165, 1.54) is 6.07 Å². The van der Waals surface area contributed by atoms with Gasteiger partial charge >= 0.3 is 6.61 Å². The summed E-state index contributed by atoms with van der Waals surface area (Å²) in [7, 11) is 0. The molecule has 0 aliphatic carbocycles. The number of nitrogens with two attached hydrogens (primary N) is 1. The molecule has 0 fully saturated rings. The number of benzene rings is 1. The molecular weight excluding hydrogens is 260 g/mol. The van der Waals surface area contributed by atoms with E-state index >= 15 is 0 Å². The van der Waals surface area contributed by atoms with Crippen LogP contribution in [0.25, 0.3) is 0 Å². The molecule has 1 aromatic rings. The number of rotatable bonds is 7. The molecule has 0 amide bonds. The maximum absolute atomic E-state index is 12.2. The molecule has 0 aliphatic heterocycles. The van der Waals surface area contributed by atoms with Crippen molar-refractivity contribution in [2.75, 3.05) is 0 Å². The Hall–Kier alpha value is -0.870. The lowest BCUT2D eigenvalue weighted by Gasteiger charge is -2.16. The first-order valence-corrected chi connectivity index (χ1v) is 5.94. The van der Waals surface area contributed by atoms with Gasteiger partial charge in [-0.05, 0) is 12.5 Å². The minimum atomic E-state index is -2.81. The third-order valence-electron chi connectivity index (χ3n) is 2.65. The van der Waals surface area contributed by atoms with Gasteiger partial charge in [0, 0.05) is 11.6 Å². The SMILES string of the molecule is CCCCC[C@@H](N)c1ccccc1OC(F)F.Cl. The molecule has 0 aromatic heterocycles. The largest absolute Gasteiger partial charge is 0.434 e. The quantitative estimate of drug-likeness (QED) is 0.756. The van der Waals surface area contributed by atoms with Crippen molar-refractivity contribution in [2.24, 2.45) is 5.73 Å². The van der Waals surface area contributed by atoms with Gasteiger partial charge in [0.05, 0.1) is 0 Å². The molecule has 1 rings (SSSR count). The molecule has 1 aromatic carbocycles. The fourth-order valence-corrected chi connectivity index (χ4v) is 1.76. The Morgan fingerprint density at radius 1 is 1.22 bits per heavy atom. The molecule has 104 valence electrons. The molecule has 0 bridgehead atoms. The van der Waals surface area contributed by atoms with E-state index in [1.54, 1.807) is 18.2 Å². The van der Waals surface area contributed by atoms with E-state index in [0.29, 0.717) is 5.56 Å². The van der Waals surface area contributed by atoms with Crippen LogP contribution in [0.1, 0.15) is 44.2 Å². The van der Waals surface area contributed by atoms with Crippen LogP contribution in [0, 0.1) is 0 Å². The second kappa shape index (κ2) is 9.11. The van der Waals surface area contributed by atoms with E-state index in [4.69, 9.17) is 5.73 Å². The predicted octanol–water partition coefficient (Wildman–Crippen LogP) is 4.29. The van der Waals surface area contributed by atoms with Gasteiger partial charge in [-0.25, -0.2) is 0 Å². The average molecular weight is 280 g/mol. The Bertz CT molecular complexity index is 337. The van der Waals surface area contributed by atoms with E-state index in [0.717, 1.165) is 25.7 Å². The Morgan fingerprint density at radius 3 is 2.50 bits per heavy atom. The molecule has 5 heteroatoms. The van der Waals surface area contributed by atoms with Crippen molar-refractivity contribution in [3.05, 3.63) is 29.8 Å². The molecule has 18 heavy (non-hydrogen) atoms. The monoisotopic (exact) mass is 279 g/mol. The van der Waals surface area contributed by atoms with Gasteiger partial charge in [0.2, 0.25) is 0 Å². The lowest BCUT2D eigenvalue weighted by atomic mass is 10.0. The first-order valence-electron chi connectivity index (χ1n) is 5.94. The molecule has 0 aliphatic rings. The molecule has 2 N–H and O–H groups in total. The van der Waals surface area contributed by atoms with E-state index in [2.05, 4.69) is 11.7 Å². The van der Waals surface area contributed by atoms with E-state index in [1.807, 2.05) is 0 Å². The van der Waals surface area contributed by atoms with Gasteiger partial charge in [-0.2, -0.15) is 8.78 Å². The predicted molar refractivity (Wildman–Crippen MR) is 71.4 cm³/mol. The van der Waals surface area contributed by atoms with Gasteiger partial charge in [-0.3, -0.25) is 0 Å². The molecule has 0 spiro atoms. The lowest BCUT2D eigenvalue weighted by molar-refractivity contribution is -0.0506. The summed E-state index contributed by atoms with van der Waals surface area (Å²) >= 11 is 0. The van der Waals surface area contributed by atoms with Crippen molar-refractivity contribution < 1.29 is 13.5 Å². The van der Waals surface area contributed by atoms with Crippen molar-refractivity contribution in [2.45, 2.75) is 45.3 Å². The zero-order chi connectivity index (χ0) is 12.7. The maximum atomic E-state index is 12.2. The molecular formula is C13H20ClF2NO. The van der Waals surface area contributed by atoms with Crippen molar-refractivity contribution in [1.82, 2.24) is 0 Å². The number of hydrogen-bond donors (Lipinski definition) is 1. The summed E-state index contributed by atoms with van der Waals surface area (Å²) in [5.41, 5.74) is 6.64. The first kappa shape index (κ1) is 17.1. The van der Waals surface area contributed by atoms with Crippen LogP contribution >= 0.6 is 12.4 Å². The summed E-state index contributed by atoms with van der Waals surface area (Å²) in [6.07, 6.45) is 4.01. The highest BCUT2D eigenvalue weighted by Crippen LogP contribution is 2.28. The van der Waals surface area contributed by atoms with Crippen LogP contribution in [-0.4, -0.2) is 6.61 Å². The molecule has 2 nitrogen and oxygen atoms in total. The Morgan fingerprint density at radius 2 is 1.89 bits per heavy atom. The number of ether oxygens (including phenoxy) is 1. The zero-order valence-corrected chi connectivity index (χ0v) is 11.3. The summed E-state index contributed by atoms with van der Waals surface area (Å²) in [6, 6.07) is 6.49. The highest BCUT2D eigenvalue weighted by Gasteiger charge is 2.14. The van der Waals surface area contributed by atoms with Crippen molar-refractivity contribution in [3.63, 3.8) is 0 Å². The van der Waals surface area contributed by atoms with Gasteiger partial charge in [-0.15, -0.1) is 12.4 Å². The second-order valence-electron chi connectivity index (χ2n) is 4.02.